The van der Waals surface area contributed by atoms with Gasteiger partial charge >= 0.3 is 5.97 Å². The summed E-state index contributed by atoms with van der Waals surface area (Å²) in [6.45, 7) is 3.28. The van der Waals surface area contributed by atoms with Crippen LogP contribution in [0.25, 0.3) is 0 Å². The summed E-state index contributed by atoms with van der Waals surface area (Å²) in [4.78, 5) is 37.8. The van der Waals surface area contributed by atoms with E-state index in [1.54, 1.807) is 24.0 Å². The molecule has 1 aliphatic heterocycles. The van der Waals surface area contributed by atoms with E-state index in [1.807, 2.05) is 12.1 Å². The van der Waals surface area contributed by atoms with Crippen LogP contribution < -0.4 is 0 Å². The van der Waals surface area contributed by atoms with Crippen LogP contribution in [0.4, 0.5) is 0 Å². The van der Waals surface area contributed by atoms with Gasteiger partial charge in [-0.05, 0) is 31.9 Å². The molecule has 1 aliphatic rings. The van der Waals surface area contributed by atoms with E-state index < -0.39 is 0 Å². The maximum Gasteiger partial charge on any atom is 0.309 e. The number of Topliss-reactive ketones (excluding diaryl/α,β-unsaturated/α-hetero) is 1. The lowest BCUT2D eigenvalue weighted by atomic mass is 9.96. The first kappa shape index (κ1) is 18.6. The number of halogens is 1. The van der Waals surface area contributed by atoms with Crippen molar-refractivity contribution in [1.82, 2.24) is 4.90 Å². The first-order valence-corrected chi connectivity index (χ1v) is 9.03. The van der Waals surface area contributed by atoms with Gasteiger partial charge in [-0.15, -0.1) is 0 Å². The molecule has 0 unspecified atom stereocenters. The van der Waals surface area contributed by atoms with E-state index in [1.165, 1.54) is 0 Å². The van der Waals surface area contributed by atoms with Gasteiger partial charge in [0.15, 0.2) is 5.78 Å². The van der Waals surface area contributed by atoms with Gasteiger partial charge in [-0.3, -0.25) is 14.4 Å². The minimum absolute atomic E-state index is 0.0252. The van der Waals surface area contributed by atoms with Gasteiger partial charge in [0.25, 0.3) is 0 Å². The van der Waals surface area contributed by atoms with Crippen molar-refractivity contribution in [3.8, 4) is 0 Å². The molecule has 1 aromatic rings. The highest BCUT2D eigenvalue weighted by atomic mass is 79.9. The molecule has 1 fully saturated rings. The highest BCUT2D eigenvalue weighted by Crippen LogP contribution is 2.20. The van der Waals surface area contributed by atoms with Gasteiger partial charge in [-0.25, -0.2) is 0 Å². The summed E-state index contributed by atoms with van der Waals surface area (Å²) in [6, 6.07) is 7.13. The number of benzene rings is 1. The second-order valence-corrected chi connectivity index (χ2v) is 6.75. The zero-order valence-electron chi connectivity index (χ0n) is 13.8. The molecular formula is C18H22BrNO4. The Morgan fingerprint density at radius 3 is 2.33 bits per heavy atom. The number of ether oxygens (including phenoxy) is 1. The Morgan fingerprint density at radius 2 is 1.75 bits per heavy atom. The quantitative estimate of drug-likeness (QED) is 0.547. The number of carbonyl (C=O) groups is 3. The number of hydrogen-bond acceptors (Lipinski definition) is 4. The van der Waals surface area contributed by atoms with Gasteiger partial charge in [0.1, 0.15) is 0 Å². The van der Waals surface area contributed by atoms with Gasteiger partial charge in [-0.2, -0.15) is 0 Å². The zero-order valence-corrected chi connectivity index (χ0v) is 15.4. The molecule has 0 aromatic heterocycles. The van der Waals surface area contributed by atoms with E-state index in [0.29, 0.717) is 38.1 Å². The van der Waals surface area contributed by atoms with E-state index in [9.17, 15) is 14.4 Å². The molecule has 6 heteroatoms. The molecule has 0 radical (unpaired) electrons. The molecular weight excluding hydrogens is 374 g/mol. The number of rotatable bonds is 6. The number of nitrogens with zero attached hydrogens (tertiary/aromatic N) is 1. The molecule has 1 amide bonds. The molecule has 0 saturated carbocycles. The topological polar surface area (TPSA) is 63.7 Å². The van der Waals surface area contributed by atoms with Crippen molar-refractivity contribution < 1.29 is 19.1 Å². The SMILES string of the molecule is CCOC(=O)C1CCN(C(=O)CCC(=O)c2ccc(Br)cc2)CC1. The summed E-state index contributed by atoms with van der Waals surface area (Å²) >= 11 is 3.33. The van der Waals surface area contributed by atoms with Crippen LogP contribution in [0.15, 0.2) is 28.7 Å². The number of amides is 1. The van der Waals surface area contributed by atoms with E-state index >= 15 is 0 Å². The number of hydrogen-bond donors (Lipinski definition) is 0. The van der Waals surface area contributed by atoms with Crippen molar-refractivity contribution in [2.75, 3.05) is 19.7 Å². The summed E-state index contributed by atoms with van der Waals surface area (Å²) in [5, 5.41) is 0. The molecule has 130 valence electrons. The summed E-state index contributed by atoms with van der Waals surface area (Å²) in [6.07, 6.45) is 1.67. The van der Waals surface area contributed by atoms with Crippen LogP contribution in [-0.4, -0.2) is 42.3 Å². The summed E-state index contributed by atoms with van der Waals surface area (Å²) in [7, 11) is 0. The first-order chi connectivity index (χ1) is 11.5. The van der Waals surface area contributed by atoms with Gasteiger partial charge in [0.2, 0.25) is 5.91 Å². The number of carbonyl (C=O) groups excluding carboxylic acids is 3. The Morgan fingerprint density at radius 1 is 1.12 bits per heavy atom. The van der Waals surface area contributed by atoms with Crippen LogP contribution in [0, 0.1) is 5.92 Å². The van der Waals surface area contributed by atoms with Crippen LogP contribution in [0.5, 0.6) is 0 Å². The van der Waals surface area contributed by atoms with Crippen molar-refractivity contribution >= 4 is 33.6 Å². The molecule has 1 aromatic carbocycles. The monoisotopic (exact) mass is 395 g/mol. The lowest BCUT2D eigenvalue weighted by Gasteiger charge is -2.30. The molecule has 5 nitrogen and oxygen atoms in total. The predicted molar refractivity (Wildman–Crippen MR) is 93.6 cm³/mol. The molecule has 2 rings (SSSR count). The van der Waals surface area contributed by atoms with E-state index in [4.69, 9.17) is 4.74 Å². The van der Waals surface area contributed by atoms with Crippen LogP contribution >= 0.6 is 15.9 Å². The molecule has 0 bridgehead atoms. The average molecular weight is 396 g/mol. The second kappa shape index (κ2) is 8.97. The second-order valence-electron chi connectivity index (χ2n) is 5.84. The number of likely N-dealkylation sites (tertiary alicyclic amines) is 1. The molecule has 0 N–H and O–H groups in total. The summed E-state index contributed by atoms with van der Waals surface area (Å²) in [5.41, 5.74) is 0.618. The molecule has 0 spiro atoms. The molecule has 0 atom stereocenters. The Kier molecular flexibility index (Phi) is 6.97. The number of piperidine rings is 1. The van der Waals surface area contributed by atoms with Crippen molar-refractivity contribution in [3.05, 3.63) is 34.3 Å². The standard InChI is InChI=1S/C18H22BrNO4/c1-2-24-18(23)14-9-11-20(12-10-14)17(22)8-7-16(21)13-3-5-15(19)6-4-13/h3-6,14H,2,7-12H2,1H3. The third kappa shape index (κ3) is 5.16. The van der Waals surface area contributed by atoms with Crippen LogP contribution in [0.3, 0.4) is 0 Å². The van der Waals surface area contributed by atoms with Crippen molar-refractivity contribution in [2.24, 2.45) is 5.92 Å². The molecule has 0 aliphatic carbocycles. The summed E-state index contributed by atoms with van der Waals surface area (Å²) in [5.74, 6) is -0.339. The predicted octanol–water partition coefficient (Wildman–Crippen LogP) is 3.21. The van der Waals surface area contributed by atoms with Crippen LogP contribution in [-0.2, 0) is 14.3 Å². The van der Waals surface area contributed by atoms with Crippen molar-refractivity contribution in [1.29, 1.82) is 0 Å². The fourth-order valence-electron chi connectivity index (χ4n) is 2.78. The van der Waals surface area contributed by atoms with E-state index in [-0.39, 0.29) is 36.4 Å². The van der Waals surface area contributed by atoms with Crippen molar-refractivity contribution in [2.45, 2.75) is 32.6 Å². The lowest BCUT2D eigenvalue weighted by molar-refractivity contribution is -0.151. The fourth-order valence-corrected chi connectivity index (χ4v) is 3.05. The van der Waals surface area contributed by atoms with Gasteiger partial charge < -0.3 is 9.64 Å². The smallest absolute Gasteiger partial charge is 0.309 e. The number of esters is 1. The Labute approximate surface area is 150 Å². The lowest BCUT2D eigenvalue weighted by Crippen LogP contribution is -2.40. The minimum atomic E-state index is -0.171. The average Bonchev–Trinajstić information content (AvgIpc) is 2.60. The van der Waals surface area contributed by atoms with Crippen LogP contribution in [0.2, 0.25) is 0 Å². The third-order valence-corrected chi connectivity index (χ3v) is 4.73. The van der Waals surface area contributed by atoms with Gasteiger partial charge in [0.05, 0.1) is 12.5 Å². The fraction of sp³-hybridized carbons (Fsp3) is 0.500. The molecule has 1 saturated heterocycles. The maximum atomic E-state index is 12.2. The summed E-state index contributed by atoms with van der Waals surface area (Å²) < 4.78 is 5.94. The van der Waals surface area contributed by atoms with E-state index in [0.717, 1.165) is 4.47 Å². The highest BCUT2D eigenvalue weighted by molar-refractivity contribution is 9.10. The Balaban J connectivity index is 1.76. The van der Waals surface area contributed by atoms with Gasteiger partial charge in [-0.1, -0.05) is 28.1 Å². The highest BCUT2D eigenvalue weighted by Gasteiger charge is 2.28. The minimum Gasteiger partial charge on any atom is -0.466 e. The Bertz CT molecular complexity index is 592. The zero-order chi connectivity index (χ0) is 17.5. The molecule has 1 heterocycles. The third-order valence-electron chi connectivity index (χ3n) is 4.20. The number of ketones is 1. The normalized spacial score (nSPS) is 15.2. The molecule has 24 heavy (non-hydrogen) atoms. The van der Waals surface area contributed by atoms with Crippen LogP contribution in [0.1, 0.15) is 43.0 Å². The first-order valence-electron chi connectivity index (χ1n) is 8.24. The Hall–Kier alpha value is -1.69. The van der Waals surface area contributed by atoms with Gasteiger partial charge in [0, 0.05) is 36.0 Å². The largest absolute Gasteiger partial charge is 0.466 e. The van der Waals surface area contributed by atoms with E-state index in [2.05, 4.69) is 15.9 Å². The van der Waals surface area contributed by atoms with Crippen molar-refractivity contribution in [3.63, 3.8) is 0 Å². The maximum absolute atomic E-state index is 12.2.